The van der Waals surface area contributed by atoms with Crippen molar-refractivity contribution >= 4 is 17.7 Å². The monoisotopic (exact) mass is 431 g/mol. The Bertz CT molecular complexity index is 864. The van der Waals surface area contributed by atoms with E-state index in [9.17, 15) is 4.79 Å². The first-order valence-corrected chi connectivity index (χ1v) is 11.4. The Morgan fingerprint density at radius 3 is 2.37 bits per heavy atom. The summed E-state index contributed by atoms with van der Waals surface area (Å²) in [5.74, 6) is 0.595. The normalized spacial score (nSPS) is 14.6. The van der Waals surface area contributed by atoms with Gasteiger partial charge in [-0.1, -0.05) is 50.4 Å². The highest BCUT2D eigenvalue weighted by Gasteiger charge is 2.28. The summed E-state index contributed by atoms with van der Waals surface area (Å²) in [5.41, 5.74) is 4.15. The molecular formula is C24H34ClN3O2. The minimum absolute atomic E-state index is 0.245. The zero-order valence-corrected chi connectivity index (χ0v) is 19.6. The molecule has 1 aromatic heterocycles. The first-order chi connectivity index (χ1) is 14.2. The molecule has 0 unspecified atom stereocenters. The van der Waals surface area contributed by atoms with Crippen molar-refractivity contribution in [1.29, 1.82) is 0 Å². The van der Waals surface area contributed by atoms with Gasteiger partial charge in [0.05, 0.1) is 11.4 Å². The first-order valence-electron chi connectivity index (χ1n) is 11.0. The van der Waals surface area contributed by atoms with Crippen LogP contribution in [0.2, 0.25) is 5.02 Å². The lowest BCUT2D eigenvalue weighted by Gasteiger charge is -2.26. The quantitative estimate of drug-likeness (QED) is 0.585. The minimum atomic E-state index is -0.489. The average molecular weight is 432 g/mol. The summed E-state index contributed by atoms with van der Waals surface area (Å²) in [6.45, 7) is 12.4. The number of carbonyl (C=O) groups excluding carboxylic acids is 1. The number of hydrogen-bond donors (Lipinski definition) is 0. The molecule has 2 heterocycles. The number of fused-ring (bicyclic) bond motifs is 1. The van der Waals surface area contributed by atoms with Gasteiger partial charge < -0.3 is 9.64 Å². The molecule has 0 atom stereocenters. The van der Waals surface area contributed by atoms with Crippen LogP contribution in [0.1, 0.15) is 58.7 Å². The topological polar surface area (TPSA) is 47.4 Å². The van der Waals surface area contributed by atoms with Crippen LogP contribution >= 0.6 is 11.6 Å². The molecule has 30 heavy (non-hydrogen) atoms. The van der Waals surface area contributed by atoms with E-state index in [4.69, 9.17) is 21.4 Å². The molecule has 0 N–H and O–H groups in total. The van der Waals surface area contributed by atoms with E-state index in [0.717, 1.165) is 48.5 Å². The van der Waals surface area contributed by atoms with Crippen LogP contribution in [-0.2, 0) is 24.1 Å². The lowest BCUT2D eigenvalue weighted by Crippen LogP contribution is -2.38. The fraction of sp³-hybridized carbons (Fsp3) is 0.583. The van der Waals surface area contributed by atoms with Gasteiger partial charge in [-0.15, -0.1) is 0 Å². The van der Waals surface area contributed by atoms with Crippen molar-refractivity contribution in [3.8, 4) is 11.3 Å². The summed E-state index contributed by atoms with van der Waals surface area (Å²) < 4.78 is 7.78. The van der Waals surface area contributed by atoms with E-state index in [2.05, 4.69) is 30.7 Å². The fourth-order valence-electron chi connectivity index (χ4n) is 3.98. The summed E-state index contributed by atoms with van der Waals surface area (Å²) in [4.78, 5) is 14.4. The second-order valence-electron chi connectivity index (χ2n) is 9.11. The molecule has 0 aliphatic carbocycles. The number of ether oxygens (including phenoxy) is 1. The van der Waals surface area contributed by atoms with Crippen molar-refractivity contribution in [3.63, 3.8) is 0 Å². The molecule has 0 bridgehead atoms. The van der Waals surface area contributed by atoms with Crippen molar-refractivity contribution in [2.75, 3.05) is 13.1 Å². The Hall–Kier alpha value is -2.01. The number of carbonyl (C=O) groups is 1. The van der Waals surface area contributed by atoms with Crippen molar-refractivity contribution in [1.82, 2.24) is 14.7 Å². The molecule has 1 amide bonds. The number of hydrogen-bond acceptors (Lipinski definition) is 3. The SMILES string of the molecule is CCC(CC)Cn1nc2c(c1-c1ccc(Cl)cc1)CCN(C(=O)OC(C)(C)C)CC2. The molecule has 164 valence electrons. The minimum Gasteiger partial charge on any atom is -0.444 e. The Kier molecular flexibility index (Phi) is 7.12. The van der Waals surface area contributed by atoms with Crippen LogP contribution in [0.5, 0.6) is 0 Å². The second-order valence-corrected chi connectivity index (χ2v) is 9.55. The molecule has 0 radical (unpaired) electrons. The van der Waals surface area contributed by atoms with E-state index in [0.29, 0.717) is 19.0 Å². The fourth-order valence-corrected chi connectivity index (χ4v) is 4.10. The van der Waals surface area contributed by atoms with Gasteiger partial charge in [0.2, 0.25) is 0 Å². The average Bonchev–Trinajstić information content (AvgIpc) is 2.88. The first kappa shape index (κ1) is 22.7. The summed E-state index contributed by atoms with van der Waals surface area (Å²) in [5, 5.41) is 5.75. The predicted molar refractivity (Wildman–Crippen MR) is 122 cm³/mol. The highest BCUT2D eigenvalue weighted by atomic mass is 35.5. The van der Waals surface area contributed by atoms with Crippen LogP contribution in [0, 0.1) is 5.92 Å². The lowest BCUT2D eigenvalue weighted by atomic mass is 10.0. The maximum atomic E-state index is 12.6. The van der Waals surface area contributed by atoms with Gasteiger partial charge in [0.25, 0.3) is 0 Å². The van der Waals surface area contributed by atoms with Crippen LogP contribution in [0.15, 0.2) is 24.3 Å². The van der Waals surface area contributed by atoms with Crippen LogP contribution in [0.3, 0.4) is 0 Å². The lowest BCUT2D eigenvalue weighted by molar-refractivity contribution is 0.0258. The van der Waals surface area contributed by atoms with Gasteiger partial charge >= 0.3 is 6.09 Å². The second kappa shape index (κ2) is 9.42. The largest absolute Gasteiger partial charge is 0.444 e. The van der Waals surface area contributed by atoms with E-state index < -0.39 is 5.60 Å². The molecule has 6 heteroatoms. The highest BCUT2D eigenvalue weighted by Crippen LogP contribution is 2.31. The van der Waals surface area contributed by atoms with Crippen LogP contribution < -0.4 is 0 Å². The van der Waals surface area contributed by atoms with Crippen molar-refractivity contribution in [2.24, 2.45) is 5.92 Å². The van der Waals surface area contributed by atoms with Gasteiger partial charge in [-0.05, 0) is 45.2 Å². The summed E-state index contributed by atoms with van der Waals surface area (Å²) in [7, 11) is 0. The molecule has 0 spiro atoms. The third-order valence-corrected chi connectivity index (χ3v) is 5.99. The maximum Gasteiger partial charge on any atom is 0.410 e. The number of aromatic nitrogens is 2. The Labute approximate surface area is 185 Å². The van der Waals surface area contributed by atoms with Crippen molar-refractivity contribution in [2.45, 2.75) is 72.4 Å². The number of nitrogens with zero attached hydrogens (tertiary/aromatic N) is 3. The molecule has 1 aromatic carbocycles. The molecule has 1 aliphatic rings. The molecule has 0 fully saturated rings. The Morgan fingerprint density at radius 1 is 1.13 bits per heavy atom. The van der Waals surface area contributed by atoms with Crippen LogP contribution in [-0.4, -0.2) is 39.5 Å². The third kappa shape index (κ3) is 5.37. The maximum absolute atomic E-state index is 12.6. The van der Waals surface area contributed by atoms with E-state index in [1.165, 1.54) is 11.3 Å². The predicted octanol–water partition coefficient (Wildman–Crippen LogP) is 5.98. The summed E-state index contributed by atoms with van der Waals surface area (Å²) in [6.07, 6.45) is 3.53. The summed E-state index contributed by atoms with van der Waals surface area (Å²) >= 11 is 6.14. The van der Waals surface area contributed by atoms with Gasteiger partial charge in [0.15, 0.2) is 0 Å². The molecule has 1 aliphatic heterocycles. The van der Waals surface area contributed by atoms with E-state index in [1.54, 1.807) is 0 Å². The van der Waals surface area contributed by atoms with Crippen molar-refractivity contribution in [3.05, 3.63) is 40.5 Å². The Morgan fingerprint density at radius 2 is 1.77 bits per heavy atom. The van der Waals surface area contributed by atoms with Crippen LogP contribution in [0.4, 0.5) is 4.79 Å². The van der Waals surface area contributed by atoms with E-state index >= 15 is 0 Å². The number of rotatable bonds is 5. The smallest absolute Gasteiger partial charge is 0.410 e. The molecule has 3 rings (SSSR count). The van der Waals surface area contributed by atoms with Crippen molar-refractivity contribution < 1.29 is 9.53 Å². The Balaban J connectivity index is 1.92. The standard InChI is InChI=1S/C24H34ClN3O2/c1-6-17(7-2)16-28-22(18-8-10-19(25)11-9-18)20-12-14-27(15-13-21(20)26-28)23(29)30-24(3,4)5/h8-11,17H,6-7,12-16H2,1-5H3. The molecule has 0 saturated heterocycles. The van der Waals surface area contributed by atoms with Gasteiger partial charge in [-0.25, -0.2) is 4.79 Å². The number of benzene rings is 1. The zero-order valence-electron chi connectivity index (χ0n) is 18.9. The van der Waals surface area contributed by atoms with Gasteiger partial charge in [0.1, 0.15) is 5.60 Å². The number of halogens is 1. The number of amides is 1. The molecular weight excluding hydrogens is 398 g/mol. The van der Waals surface area contributed by atoms with E-state index in [1.807, 2.05) is 37.8 Å². The third-order valence-electron chi connectivity index (χ3n) is 5.74. The van der Waals surface area contributed by atoms with Gasteiger partial charge in [-0.2, -0.15) is 5.10 Å². The highest BCUT2D eigenvalue weighted by molar-refractivity contribution is 6.30. The van der Waals surface area contributed by atoms with Crippen LogP contribution in [0.25, 0.3) is 11.3 Å². The zero-order chi connectivity index (χ0) is 21.9. The van der Waals surface area contributed by atoms with Gasteiger partial charge in [0, 0.05) is 42.2 Å². The van der Waals surface area contributed by atoms with Gasteiger partial charge in [-0.3, -0.25) is 4.68 Å². The summed E-state index contributed by atoms with van der Waals surface area (Å²) in [6, 6.07) is 8.00. The molecule has 0 saturated carbocycles. The molecule has 5 nitrogen and oxygen atoms in total. The van der Waals surface area contributed by atoms with E-state index in [-0.39, 0.29) is 6.09 Å². The molecule has 2 aromatic rings.